The third-order valence-corrected chi connectivity index (χ3v) is 7.71. The molecule has 1 aromatic heterocycles. The minimum Gasteiger partial charge on any atom is -0.352 e. The molecule has 0 saturated heterocycles. The van der Waals surface area contributed by atoms with E-state index in [0.29, 0.717) is 11.5 Å². The number of nitrogens with one attached hydrogen (secondary N) is 1. The van der Waals surface area contributed by atoms with E-state index >= 15 is 0 Å². The molecule has 8 heteroatoms. The van der Waals surface area contributed by atoms with Crippen molar-refractivity contribution in [2.75, 3.05) is 17.2 Å². The number of aromatic nitrogens is 2. The number of amides is 2. The van der Waals surface area contributed by atoms with Gasteiger partial charge in [-0.25, -0.2) is 9.07 Å². The van der Waals surface area contributed by atoms with Gasteiger partial charge in [0.05, 0.1) is 22.4 Å². The third-order valence-electron chi connectivity index (χ3n) is 6.46. The van der Waals surface area contributed by atoms with Gasteiger partial charge in [-0.05, 0) is 49.6 Å². The Bertz CT molecular complexity index is 1310. The summed E-state index contributed by atoms with van der Waals surface area (Å²) in [6.07, 6.45) is 1.94. The summed E-state index contributed by atoms with van der Waals surface area (Å²) in [5.41, 5.74) is 4.29. The highest BCUT2D eigenvalue weighted by Crippen LogP contribution is 2.48. The topological polar surface area (TPSA) is 67.2 Å². The number of rotatable bonds is 5. The number of fused-ring (bicyclic) bond motifs is 1. The number of hydrogen-bond acceptors (Lipinski definition) is 4. The second-order valence-electron chi connectivity index (χ2n) is 10.7. The molecule has 1 aliphatic heterocycles. The van der Waals surface area contributed by atoms with E-state index in [9.17, 15) is 14.0 Å². The smallest absolute Gasteiger partial charge is 0.240 e. The first-order valence-electron chi connectivity index (χ1n) is 12.3. The van der Waals surface area contributed by atoms with Crippen LogP contribution in [0, 0.1) is 12.7 Å². The van der Waals surface area contributed by atoms with Crippen LogP contribution in [0.15, 0.2) is 48.5 Å². The zero-order valence-electron chi connectivity index (χ0n) is 21.0. The summed E-state index contributed by atoms with van der Waals surface area (Å²) in [5, 5.41) is 7.88. The van der Waals surface area contributed by atoms with Crippen molar-refractivity contribution < 1.29 is 14.0 Å². The highest BCUT2D eigenvalue weighted by atomic mass is 32.2. The summed E-state index contributed by atoms with van der Waals surface area (Å²) in [7, 11) is 0. The number of carbonyl (C=O) groups excluding carboxylic acids is 2. The normalized spacial score (nSPS) is 18.1. The summed E-state index contributed by atoms with van der Waals surface area (Å²) in [6, 6.07) is 14.6. The van der Waals surface area contributed by atoms with Gasteiger partial charge in [0.15, 0.2) is 0 Å². The summed E-state index contributed by atoms with van der Waals surface area (Å²) in [5.74, 6) is 0.139. The fourth-order valence-corrected chi connectivity index (χ4v) is 5.76. The molecule has 0 spiro atoms. The summed E-state index contributed by atoms with van der Waals surface area (Å²) in [4.78, 5) is 28.1. The highest BCUT2D eigenvalue weighted by Gasteiger charge is 2.40. The molecule has 2 aromatic carbocycles. The van der Waals surface area contributed by atoms with Crippen LogP contribution in [0.4, 0.5) is 10.2 Å². The van der Waals surface area contributed by atoms with Gasteiger partial charge in [-0.2, -0.15) is 5.10 Å². The van der Waals surface area contributed by atoms with Crippen LogP contribution in [-0.4, -0.2) is 39.9 Å². The van der Waals surface area contributed by atoms with Crippen LogP contribution in [0.1, 0.15) is 61.2 Å². The van der Waals surface area contributed by atoms with Gasteiger partial charge in [-0.3, -0.25) is 14.5 Å². The van der Waals surface area contributed by atoms with Gasteiger partial charge in [0.25, 0.3) is 0 Å². The van der Waals surface area contributed by atoms with E-state index in [0.717, 1.165) is 35.2 Å². The van der Waals surface area contributed by atoms with Crippen LogP contribution in [0.2, 0.25) is 0 Å². The molecule has 1 atom stereocenters. The molecular formula is C28H31FN4O2S. The van der Waals surface area contributed by atoms with Crippen LogP contribution in [-0.2, 0) is 15.0 Å². The van der Waals surface area contributed by atoms with E-state index in [1.165, 1.54) is 12.1 Å². The summed E-state index contributed by atoms with van der Waals surface area (Å²) in [6.45, 7) is 8.26. The molecule has 0 bridgehead atoms. The molecule has 2 amide bonds. The molecule has 5 rings (SSSR count). The van der Waals surface area contributed by atoms with Crippen molar-refractivity contribution in [1.82, 2.24) is 15.1 Å². The second kappa shape index (κ2) is 9.39. The molecule has 1 aliphatic carbocycles. The summed E-state index contributed by atoms with van der Waals surface area (Å²) < 4.78 is 15.5. The maximum Gasteiger partial charge on any atom is 0.240 e. The number of anilines is 1. The Balaban J connectivity index is 1.74. The number of thioether (sulfide) groups is 1. The van der Waals surface area contributed by atoms with Crippen LogP contribution in [0.3, 0.4) is 0 Å². The second-order valence-corrected chi connectivity index (χ2v) is 11.7. The molecular weight excluding hydrogens is 475 g/mol. The van der Waals surface area contributed by atoms with Crippen LogP contribution >= 0.6 is 11.8 Å². The number of benzene rings is 2. The number of halogens is 1. The van der Waals surface area contributed by atoms with Crippen molar-refractivity contribution in [3.8, 4) is 5.69 Å². The molecule has 36 heavy (non-hydrogen) atoms. The maximum atomic E-state index is 13.8. The van der Waals surface area contributed by atoms with Crippen LogP contribution in [0.25, 0.3) is 5.69 Å². The quantitative estimate of drug-likeness (QED) is 0.525. The Hall–Kier alpha value is -3.13. The van der Waals surface area contributed by atoms with Crippen LogP contribution in [0.5, 0.6) is 0 Å². The van der Waals surface area contributed by atoms with Gasteiger partial charge >= 0.3 is 0 Å². The minimum atomic E-state index is -0.349. The first kappa shape index (κ1) is 24.6. The van der Waals surface area contributed by atoms with Gasteiger partial charge in [-0.1, -0.05) is 50.6 Å². The number of aryl methyl sites for hydroxylation is 1. The predicted octanol–water partition coefficient (Wildman–Crippen LogP) is 5.07. The van der Waals surface area contributed by atoms with Gasteiger partial charge in [0, 0.05) is 17.0 Å². The SMILES string of the molecule is Cc1cccc(C2SCC(=O)N(CC(=O)NC3CC3)c3c2c(C(C)(C)C)nn3-c2ccc(F)cc2)c1. The number of carbonyl (C=O) groups is 2. The molecule has 1 fully saturated rings. The average molecular weight is 507 g/mol. The molecule has 2 aliphatic rings. The molecule has 3 aromatic rings. The Morgan fingerprint density at radius 2 is 1.89 bits per heavy atom. The van der Waals surface area contributed by atoms with Crippen molar-refractivity contribution >= 4 is 29.4 Å². The molecule has 188 valence electrons. The van der Waals surface area contributed by atoms with E-state index in [4.69, 9.17) is 5.10 Å². The third kappa shape index (κ3) is 4.91. The Morgan fingerprint density at radius 3 is 2.53 bits per heavy atom. The monoisotopic (exact) mass is 506 g/mol. The predicted molar refractivity (Wildman–Crippen MR) is 141 cm³/mol. The highest BCUT2D eigenvalue weighted by molar-refractivity contribution is 8.00. The van der Waals surface area contributed by atoms with Crippen molar-refractivity contribution in [2.24, 2.45) is 0 Å². The molecule has 1 N–H and O–H groups in total. The Labute approximate surface area is 215 Å². The van der Waals surface area contributed by atoms with E-state index in [1.807, 2.05) is 6.07 Å². The summed E-state index contributed by atoms with van der Waals surface area (Å²) >= 11 is 1.56. The van der Waals surface area contributed by atoms with E-state index in [1.54, 1.807) is 33.5 Å². The molecule has 1 saturated carbocycles. The van der Waals surface area contributed by atoms with Gasteiger partial charge in [-0.15, -0.1) is 11.8 Å². The zero-order valence-corrected chi connectivity index (χ0v) is 21.9. The number of nitrogens with zero attached hydrogens (tertiary/aromatic N) is 3. The van der Waals surface area contributed by atoms with Crippen molar-refractivity contribution in [2.45, 2.75) is 57.2 Å². The molecule has 1 unspecified atom stereocenters. The van der Waals surface area contributed by atoms with Gasteiger partial charge in [0.2, 0.25) is 11.8 Å². The lowest BCUT2D eigenvalue weighted by Gasteiger charge is -2.24. The molecule has 0 radical (unpaired) electrons. The van der Waals surface area contributed by atoms with Gasteiger partial charge < -0.3 is 5.32 Å². The standard InChI is InChI=1S/C28H31FN4O2S/c1-17-6-5-7-18(14-17)25-24-26(28(2,3)4)31-33(21-12-8-19(29)9-13-21)27(24)32(23(35)16-36-25)15-22(34)30-20-10-11-20/h5-9,12-14,20,25H,10-11,15-16H2,1-4H3,(H,30,34). The molecule has 6 nitrogen and oxygen atoms in total. The largest absolute Gasteiger partial charge is 0.352 e. The average Bonchev–Trinajstić information content (AvgIpc) is 3.56. The van der Waals surface area contributed by atoms with Crippen molar-refractivity contribution in [3.63, 3.8) is 0 Å². The van der Waals surface area contributed by atoms with E-state index in [2.05, 4.69) is 51.2 Å². The fourth-order valence-electron chi connectivity index (χ4n) is 4.58. The fraction of sp³-hybridized carbons (Fsp3) is 0.393. The first-order chi connectivity index (χ1) is 17.1. The minimum absolute atomic E-state index is 0.0834. The lowest BCUT2D eigenvalue weighted by Crippen LogP contribution is -2.43. The Kier molecular flexibility index (Phi) is 6.41. The van der Waals surface area contributed by atoms with Crippen molar-refractivity contribution in [3.05, 3.63) is 76.7 Å². The van der Waals surface area contributed by atoms with Crippen molar-refractivity contribution in [1.29, 1.82) is 0 Å². The number of hydrogen-bond donors (Lipinski definition) is 1. The zero-order chi connectivity index (χ0) is 25.6. The Morgan fingerprint density at radius 1 is 1.17 bits per heavy atom. The molecule has 2 heterocycles. The maximum absolute atomic E-state index is 13.8. The van der Waals surface area contributed by atoms with E-state index in [-0.39, 0.29) is 46.6 Å². The van der Waals surface area contributed by atoms with E-state index < -0.39 is 0 Å². The van der Waals surface area contributed by atoms with Gasteiger partial charge in [0.1, 0.15) is 18.2 Å². The lowest BCUT2D eigenvalue weighted by atomic mass is 9.87. The van der Waals surface area contributed by atoms with Crippen LogP contribution < -0.4 is 10.2 Å². The first-order valence-corrected chi connectivity index (χ1v) is 13.3. The lowest BCUT2D eigenvalue weighted by molar-refractivity contribution is -0.123.